The first-order valence-corrected chi connectivity index (χ1v) is 6.07. The molecule has 0 amide bonds. The molecule has 1 aromatic rings. The number of phosphoric ester groups is 1. The van der Waals surface area contributed by atoms with Gasteiger partial charge >= 0.3 is 7.82 Å². The number of hydrogen-bond donors (Lipinski definition) is 2. The van der Waals surface area contributed by atoms with Crippen molar-refractivity contribution < 1.29 is 38.4 Å². The molecule has 2 N–H and O–H groups in total. The SMILES string of the molecule is CC(C)(C)c1ccc(OP(=O)(O)O)cc1.[Zn]. The second kappa shape index (κ2) is 5.42. The third-order valence-corrected chi connectivity index (χ3v) is 2.39. The summed E-state index contributed by atoms with van der Waals surface area (Å²) in [5.41, 5.74) is 1.10. The Morgan fingerprint density at radius 3 is 1.88 bits per heavy atom. The zero-order valence-electron chi connectivity index (χ0n) is 9.67. The first-order chi connectivity index (χ1) is 6.68. The third kappa shape index (κ3) is 5.22. The largest absolute Gasteiger partial charge is 0.524 e. The summed E-state index contributed by atoms with van der Waals surface area (Å²) in [6.45, 7) is 6.18. The van der Waals surface area contributed by atoms with E-state index in [1.54, 1.807) is 24.3 Å². The van der Waals surface area contributed by atoms with E-state index in [0.717, 1.165) is 5.56 Å². The van der Waals surface area contributed by atoms with E-state index < -0.39 is 7.82 Å². The van der Waals surface area contributed by atoms with Crippen LogP contribution in [0, 0.1) is 0 Å². The van der Waals surface area contributed by atoms with E-state index in [1.165, 1.54) is 0 Å². The molecule has 0 spiro atoms. The Balaban J connectivity index is 0.00000225. The Morgan fingerprint density at radius 1 is 1.12 bits per heavy atom. The molecule has 4 nitrogen and oxygen atoms in total. The van der Waals surface area contributed by atoms with Crippen LogP contribution in [0.2, 0.25) is 0 Å². The molecular formula is C10H15O4PZn. The molecule has 1 aromatic carbocycles. The van der Waals surface area contributed by atoms with Crippen molar-refractivity contribution in [2.24, 2.45) is 0 Å². The van der Waals surface area contributed by atoms with Gasteiger partial charge in [-0.2, -0.15) is 0 Å². The molecule has 0 radical (unpaired) electrons. The predicted octanol–water partition coefficient (Wildman–Crippen LogP) is 2.45. The van der Waals surface area contributed by atoms with Crippen molar-refractivity contribution in [2.75, 3.05) is 0 Å². The van der Waals surface area contributed by atoms with Gasteiger partial charge in [-0.05, 0) is 23.1 Å². The van der Waals surface area contributed by atoms with Gasteiger partial charge < -0.3 is 4.52 Å². The zero-order chi connectivity index (χ0) is 11.7. The minimum Gasteiger partial charge on any atom is -0.404 e. The average molecular weight is 296 g/mol. The van der Waals surface area contributed by atoms with Gasteiger partial charge in [0.15, 0.2) is 0 Å². The monoisotopic (exact) mass is 294 g/mol. The Kier molecular flexibility index (Phi) is 5.35. The molecule has 16 heavy (non-hydrogen) atoms. The summed E-state index contributed by atoms with van der Waals surface area (Å²) in [6.07, 6.45) is 0. The van der Waals surface area contributed by atoms with Crippen molar-refractivity contribution in [3.05, 3.63) is 29.8 Å². The van der Waals surface area contributed by atoms with Crippen LogP contribution in [-0.4, -0.2) is 9.79 Å². The summed E-state index contributed by atoms with van der Waals surface area (Å²) in [5, 5.41) is 0. The van der Waals surface area contributed by atoms with E-state index in [9.17, 15) is 4.57 Å². The van der Waals surface area contributed by atoms with Crippen LogP contribution in [0.3, 0.4) is 0 Å². The van der Waals surface area contributed by atoms with Crippen LogP contribution < -0.4 is 4.52 Å². The third-order valence-electron chi connectivity index (χ3n) is 1.94. The van der Waals surface area contributed by atoms with Gasteiger partial charge in [0.05, 0.1) is 0 Å². The quantitative estimate of drug-likeness (QED) is 0.650. The van der Waals surface area contributed by atoms with E-state index in [1.807, 2.05) is 0 Å². The molecule has 6 heteroatoms. The molecule has 0 fully saturated rings. The van der Waals surface area contributed by atoms with Gasteiger partial charge in [0.1, 0.15) is 5.75 Å². The maximum atomic E-state index is 10.6. The fourth-order valence-electron chi connectivity index (χ4n) is 1.15. The van der Waals surface area contributed by atoms with E-state index in [2.05, 4.69) is 25.3 Å². The standard InChI is InChI=1S/C10H15O4P.Zn/c1-10(2,3)8-4-6-9(7-5-8)14-15(11,12)13;/h4-7H,1-3H3,(H2,11,12,13);. The fourth-order valence-corrected chi connectivity index (χ4v) is 1.55. The van der Waals surface area contributed by atoms with Crippen LogP contribution in [-0.2, 0) is 29.5 Å². The molecule has 0 aliphatic rings. The normalized spacial score (nSPS) is 11.8. The second-order valence-corrected chi connectivity index (χ2v) is 5.52. The van der Waals surface area contributed by atoms with E-state index >= 15 is 0 Å². The molecule has 0 aliphatic carbocycles. The summed E-state index contributed by atoms with van der Waals surface area (Å²) >= 11 is 0. The molecule has 0 aliphatic heterocycles. The Labute approximate surface area is 108 Å². The van der Waals surface area contributed by atoms with E-state index in [0.29, 0.717) is 0 Å². The molecule has 0 saturated carbocycles. The van der Waals surface area contributed by atoms with Crippen molar-refractivity contribution in [3.8, 4) is 5.75 Å². The van der Waals surface area contributed by atoms with Crippen molar-refractivity contribution in [3.63, 3.8) is 0 Å². The molecular weight excluding hydrogens is 280 g/mol. The van der Waals surface area contributed by atoms with Crippen LogP contribution >= 0.6 is 7.82 Å². The van der Waals surface area contributed by atoms with Gasteiger partial charge in [-0.1, -0.05) is 32.9 Å². The van der Waals surface area contributed by atoms with Crippen LogP contribution in [0.5, 0.6) is 5.75 Å². The van der Waals surface area contributed by atoms with E-state index in [4.69, 9.17) is 9.79 Å². The summed E-state index contributed by atoms with van der Waals surface area (Å²) in [6, 6.07) is 6.70. The topological polar surface area (TPSA) is 66.8 Å². The molecule has 0 saturated heterocycles. The number of rotatable bonds is 2. The van der Waals surface area contributed by atoms with Gasteiger partial charge in [0, 0.05) is 19.5 Å². The predicted molar refractivity (Wildman–Crippen MR) is 57.8 cm³/mol. The first-order valence-electron chi connectivity index (χ1n) is 4.54. The first kappa shape index (κ1) is 15.8. The van der Waals surface area contributed by atoms with Crippen molar-refractivity contribution in [1.29, 1.82) is 0 Å². The molecule has 0 aromatic heterocycles. The van der Waals surface area contributed by atoms with E-state index in [-0.39, 0.29) is 30.6 Å². The summed E-state index contributed by atoms with van der Waals surface area (Å²) in [4.78, 5) is 17.2. The zero-order valence-corrected chi connectivity index (χ0v) is 13.5. The summed E-state index contributed by atoms with van der Waals surface area (Å²) < 4.78 is 15.0. The maximum Gasteiger partial charge on any atom is 0.524 e. The summed E-state index contributed by atoms with van der Waals surface area (Å²) in [7, 11) is -4.44. The van der Waals surface area contributed by atoms with Gasteiger partial charge in [0.25, 0.3) is 0 Å². The fraction of sp³-hybridized carbons (Fsp3) is 0.400. The Bertz CT molecular complexity index is 377. The van der Waals surface area contributed by atoms with Crippen molar-refractivity contribution in [1.82, 2.24) is 0 Å². The maximum absolute atomic E-state index is 10.6. The molecule has 1 rings (SSSR count). The molecule has 0 unspecified atom stereocenters. The minimum absolute atomic E-state index is 0. The molecule has 0 bridgehead atoms. The van der Waals surface area contributed by atoms with Crippen molar-refractivity contribution in [2.45, 2.75) is 26.2 Å². The van der Waals surface area contributed by atoms with Gasteiger partial charge in [0.2, 0.25) is 0 Å². The van der Waals surface area contributed by atoms with Crippen LogP contribution in [0.4, 0.5) is 0 Å². The van der Waals surface area contributed by atoms with Crippen LogP contribution in [0.15, 0.2) is 24.3 Å². The Hall–Kier alpha value is -0.207. The van der Waals surface area contributed by atoms with Crippen LogP contribution in [0.25, 0.3) is 0 Å². The van der Waals surface area contributed by atoms with Crippen LogP contribution in [0.1, 0.15) is 26.3 Å². The minimum atomic E-state index is -4.44. The van der Waals surface area contributed by atoms with Gasteiger partial charge in [-0.15, -0.1) is 0 Å². The average Bonchev–Trinajstić information content (AvgIpc) is 2.00. The number of benzene rings is 1. The van der Waals surface area contributed by atoms with Gasteiger partial charge in [-0.3, -0.25) is 9.79 Å². The summed E-state index contributed by atoms with van der Waals surface area (Å²) in [5.74, 6) is 0.177. The second-order valence-electron chi connectivity index (χ2n) is 4.36. The smallest absolute Gasteiger partial charge is 0.404 e. The molecule has 0 atom stereocenters. The molecule has 0 heterocycles. The van der Waals surface area contributed by atoms with Gasteiger partial charge in [-0.25, -0.2) is 4.57 Å². The number of hydrogen-bond acceptors (Lipinski definition) is 2. The molecule has 86 valence electrons. The van der Waals surface area contributed by atoms with Crippen molar-refractivity contribution >= 4 is 7.82 Å². The number of phosphoric acid groups is 1. The Morgan fingerprint density at radius 2 is 1.56 bits per heavy atom.